The van der Waals surface area contributed by atoms with E-state index in [4.69, 9.17) is 0 Å². The molecule has 6 nitrogen and oxygen atoms in total. The van der Waals surface area contributed by atoms with Gasteiger partial charge in [-0.3, -0.25) is 0 Å². The molecule has 2 aromatic rings. The van der Waals surface area contributed by atoms with Crippen LogP contribution in [0.1, 0.15) is 17.5 Å². The average molecular weight is 418 g/mol. The van der Waals surface area contributed by atoms with E-state index in [1.807, 2.05) is 0 Å². The van der Waals surface area contributed by atoms with Gasteiger partial charge in [-0.1, -0.05) is 0 Å². The molecular weight excluding hydrogens is 398 g/mol. The Morgan fingerprint density at radius 1 is 0.741 bits per heavy atom. The predicted molar refractivity (Wildman–Crippen MR) is 97.3 cm³/mol. The average Bonchev–Trinajstić information content (AvgIpc) is 2.59. The molecule has 0 aliphatic heterocycles. The summed E-state index contributed by atoms with van der Waals surface area (Å²) in [6, 6.07) is 6.90. The smallest absolute Gasteiger partial charge is 0.211 e. The summed E-state index contributed by atoms with van der Waals surface area (Å²) in [5.74, 6) is -1.00. The lowest BCUT2D eigenvalue weighted by Gasteiger charge is -2.09. The quantitative estimate of drug-likeness (QED) is 0.643. The van der Waals surface area contributed by atoms with Crippen LogP contribution in [-0.4, -0.2) is 29.9 Å². The Kier molecular flexibility index (Phi) is 6.68. The predicted octanol–water partition coefficient (Wildman–Crippen LogP) is 2.23. The molecule has 2 N–H and O–H groups in total. The molecule has 0 saturated heterocycles. The SMILES string of the molecule is Cc1cc(S(=O)(=O)NCCCNS(=O)(=O)c2ccc(F)c(C)c2)ccc1F. The number of hydrogen-bond acceptors (Lipinski definition) is 4. The minimum Gasteiger partial charge on any atom is -0.211 e. The van der Waals surface area contributed by atoms with Crippen LogP contribution in [0.25, 0.3) is 0 Å². The van der Waals surface area contributed by atoms with E-state index in [1.54, 1.807) is 0 Å². The number of sulfonamides is 2. The summed E-state index contributed by atoms with van der Waals surface area (Å²) in [5, 5.41) is 0. The maximum Gasteiger partial charge on any atom is 0.240 e. The summed E-state index contributed by atoms with van der Waals surface area (Å²) in [6.45, 7) is 2.90. The van der Waals surface area contributed by atoms with Gasteiger partial charge in [-0.25, -0.2) is 35.1 Å². The third-order valence-corrected chi connectivity index (χ3v) is 6.73. The molecule has 0 amide bonds. The zero-order valence-electron chi connectivity index (χ0n) is 14.8. The summed E-state index contributed by atoms with van der Waals surface area (Å²) >= 11 is 0. The Hall–Kier alpha value is -1.88. The molecule has 2 aromatic carbocycles. The summed E-state index contributed by atoms with van der Waals surface area (Å²) < 4.78 is 79.7. The van der Waals surface area contributed by atoms with Gasteiger partial charge >= 0.3 is 0 Å². The Bertz CT molecular complexity index is 955. The highest BCUT2D eigenvalue weighted by Crippen LogP contribution is 2.15. The Balaban J connectivity index is 1.89. The van der Waals surface area contributed by atoms with Crippen molar-refractivity contribution in [1.29, 1.82) is 0 Å². The van der Waals surface area contributed by atoms with Crippen molar-refractivity contribution in [3.63, 3.8) is 0 Å². The summed E-state index contributed by atoms with van der Waals surface area (Å²) in [5.41, 5.74) is 0.417. The van der Waals surface area contributed by atoms with Crippen LogP contribution < -0.4 is 9.44 Å². The second-order valence-electron chi connectivity index (χ2n) is 5.97. The van der Waals surface area contributed by atoms with Gasteiger partial charge in [-0.2, -0.15) is 0 Å². The van der Waals surface area contributed by atoms with E-state index in [0.717, 1.165) is 24.3 Å². The molecule has 0 atom stereocenters. The van der Waals surface area contributed by atoms with Crippen molar-refractivity contribution < 1.29 is 25.6 Å². The van der Waals surface area contributed by atoms with Gasteiger partial charge in [0.2, 0.25) is 20.0 Å². The highest BCUT2D eigenvalue weighted by Gasteiger charge is 2.16. The van der Waals surface area contributed by atoms with Gasteiger partial charge in [0.15, 0.2) is 0 Å². The van der Waals surface area contributed by atoms with Gasteiger partial charge in [0.1, 0.15) is 11.6 Å². The lowest BCUT2D eigenvalue weighted by molar-refractivity contribution is 0.571. The molecule has 0 fully saturated rings. The Labute approximate surface area is 157 Å². The minimum absolute atomic E-state index is 0.0102. The van der Waals surface area contributed by atoms with Crippen molar-refractivity contribution in [1.82, 2.24) is 9.44 Å². The Morgan fingerprint density at radius 3 is 1.44 bits per heavy atom. The molecule has 0 spiro atoms. The standard InChI is InChI=1S/C17H20F2N2O4S2/c1-12-10-14(4-6-16(12)18)26(22,23)20-8-3-9-21-27(24,25)15-5-7-17(19)13(2)11-15/h4-7,10-11,20-21H,3,8-9H2,1-2H3. The fourth-order valence-corrected chi connectivity index (χ4v) is 4.55. The normalized spacial score (nSPS) is 12.3. The largest absolute Gasteiger partial charge is 0.240 e. The first-order valence-corrected chi connectivity index (χ1v) is 11.0. The molecule has 27 heavy (non-hydrogen) atoms. The van der Waals surface area contributed by atoms with E-state index < -0.39 is 31.7 Å². The topological polar surface area (TPSA) is 92.3 Å². The first kappa shape index (κ1) is 21.4. The summed E-state index contributed by atoms with van der Waals surface area (Å²) in [4.78, 5) is -0.132. The fourth-order valence-electron chi connectivity index (χ4n) is 2.24. The van der Waals surface area contributed by atoms with Crippen LogP contribution in [0.2, 0.25) is 0 Å². The molecule has 0 aliphatic rings. The number of hydrogen-bond donors (Lipinski definition) is 2. The Morgan fingerprint density at radius 2 is 1.11 bits per heavy atom. The molecule has 0 radical (unpaired) electrons. The zero-order valence-corrected chi connectivity index (χ0v) is 16.4. The second-order valence-corrected chi connectivity index (χ2v) is 9.50. The lowest BCUT2D eigenvalue weighted by Crippen LogP contribution is -2.30. The molecular formula is C17H20F2N2O4S2. The first-order valence-electron chi connectivity index (χ1n) is 8.04. The molecule has 0 unspecified atom stereocenters. The van der Waals surface area contributed by atoms with Gasteiger partial charge in [0.25, 0.3) is 0 Å². The molecule has 0 heterocycles. The van der Waals surface area contributed by atoms with Crippen molar-refractivity contribution in [3.05, 3.63) is 59.2 Å². The van der Waals surface area contributed by atoms with E-state index in [-0.39, 0.29) is 40.4 Å². The maximum absolute atomic E-state index is 13.2. The van der Waals surface area contributed by atoms with Crippen molar-refractivity contribution in [2.24, 2.45) is 0 Å². The maximum atomic E-state index is 13.2. The second kappa shape index (κ2) is 8.42. The van der Waals surface area contributed by atoms with E-state index in [0.29, 0.717) is 0 Å². The molecule has 10 heteroatoms. The highest BCUT2D eigenvalue weighted by molar-refractivity contribution is 7.89. The van der Waals surface area contributed by atoms with Gasteiger partial charge < -0.3 is 0 Å². The van der Waals surface area contributed by atoms with Crippen molar-refractivity contribution >= 4 is 20.0 Å². The zero-order chi connectivity index (χ0) is 20.2. The summed E-state index contributed by atoms with van der Waals surface area (Å²) in [7, 11) is -7.63. The van der Waals surface area contributed by atoms with Crippen molar-refractivity contribution in [2.45, 2.75) is 30.1 Å². The van der Waals surface area contributed by atoms with Crippen LogP contribution in [-0.2, 0) is 20.0 Å². The highest BCUT2D eigenvalue weighted by atomic mass is 32.2. The van der Waals surface area contributed by atoms with Crippen LogP contribution in [0.3, 0.4) is 0 Å². The van der Waals surface area contributed by atoms with Crippen molar-refractivity contribution in [2.75, 3.05) is 13.1 Å². The van der Waals surface area contributed by atoms with Crippen LogP contribution >= 0.6 is 0 Å². The third-order valence-electron chi connectivity index (χ3n) is 3.82. The fraction of sp³-hybridized carbons (Fsp3) is 0.294. The molecule has 148 valence electrons. The minimum atomic E-state index is -3.81. The number of aryl methyl sites for hydroxylation is 2. The van der Waals surface area contributed by atoms with E-state index in [9.17, 15) is 25.6 Å². The van der Waals surface area contributed by atoms with E-state index >= 15 is 0 Å². The van der Waals surface area contributed by atoms with Crippen molar-refractivity contribution in [3.8, 4) is 0 Å². The summed E-state index contributed by atoms with van der Waals surface area (Å²) in [6.07, 6.45) is 0.193. The number of benzene rings is 2. The molecule has 0 aromatic heterocycles. The third kappa shape index (κ3) is 5.55. The number of nitrogens with one attached hydrogen (secondary N) is 2. The van der Waals surface area contributed by atoms with Crippen LogP contribution in [0.5, 0.6) is 0 Å². The van der Waals surface area contributed by atoms with Crippen LogP contribution in [0, 0.1) is 25.5 Å². The van der Waals surface area contributed by atoms with E-state index in [2.05, 4.69) is 9.44 Å². The molecule has 0 saturated carbocycles. The molecule has 2 rings (SSSR count). The van der Waals surface area contributed by atoms with Gasteiger partial charge in [-0.05, 0) is 67.8 Å². The number of rotatable bonds is 8. The monoisotopic (exact) mass is 418 g/mol. The molecule has 0 aliphatic carbocycles. The number of halogens is 2. The van der Waals surface area contributed by atoms with Gasteiger partial charge in [0.05, 0.1) is 9.79 Å². The van der Waals surface area contributed by atoms with E-state index in [1.165, 1.54) is 26.0 Å². The lowest BCUT2D eigenvalue weighted by atomic mass is 10.2. The molecule has 0 bridgehead atoms. The van der Waals surface area contributed by atoms with Crippen LogP contribution in [0.4, 0.5) is 8.78 Å². The van der Waals surface area contributed by atoms with Gasteiger partial charge in [-0.15, -0.1) is 0 Å². The van der Waals surface area contributed by atoms with Crippen LogP contribution in [0.15, 0.2) is 46.2 Å². The first-order chi connectivity index (χ1) is 12.5. The van der Waals surface area contributed by atoms with Gasteiger partial charge in [0, 0.05) is 13.1 Å².